The van der Waals surface area contributed by atoms with Crippen molar-refractivity contribution in [3.8, 4) is 5.75 Å². The number of benzene rings is 2. The summed E-state index contributed by atoms with van der Waals surface area (Å²) in [7, 11) is 0. The second-order valence-electron chi connectivity index (χ2n) is 4.71. The number of ether oxygens (including phenoxy) is 1. The SMILES string of the molecule is CC(=O)c1ccc(OC(=O)c2sc3ccccc3c2Cl)cc1. The molecule has 0 unspecified atom stereocenters. The van der Waals surface area contributed by atoms with Crippen LogP contribution in [0.3, 0.4) is 0 Å². The van der Waals surface area contributed by atoms with Crippen LogP contribution in [0.15, 0.2) is 48.5 Å². The highest BCUT2D eigenvalue weighted by molar-refractivity contribution is 7.21. The molecule has 0 radical (unpaired) electrons. The Bertz CT molecular complexity index is 865. The molecule has 110 valence electrons. The van der Waals surface area contributed by atoms with Crippen molar-refractivity contribution in [3.63, 3.8) is 0 Å². The highest BCUT2D eigenvalue weighted by atomic mass is 35.5. The summed E-state index contributed by atoms with van der Waals surface area (Å²) in [5.41, 5.74) is 0.569. The Morgan fingerprint density at radius 3 is 2.36 bits per heavy atom. The third-order valence-corrected chi connectivity index (χ3v) is 4.85. The van der Waals surface area contributed by atoms with E-state index >= 15 is 0 Å². The van der Waals surface area contributed by atoms with Gasteiger partial charge in [-0.25, -0.2) is 4.79 Å². The van der Waals surface area contributed by atoms with Gasteiger partial charge in [0.2, 0.25) is 0 Å². The Kier molecular flexibility index (Phi) is 3.96. The summed E-state index contributed by atoms with van der Waals surface area (Å²) in [6.45, 7) is 1.48. The van der Waals surface area contributed by atoms with Crippen LogP contribution < -0.4 is 4.74 Å². The van der Waals surface area contributed by atoms with Gasteiger partial charge in [-0.15, -0.1) is 11.3 Å². The van der Waals surface area contributed by atoms with Gasteiger partial charge >= 0.3 is 5.97 Å². The zero-order chi connectivity index (χ0) is 15.7. The van der Waals surface area contributed by atoms with Crippen LogP contribution in [0.4, 0.5) is 0 Å². The maximum atomic E-state index is 12.3. The molecule has 0 N–H and O–H groups in total. The molecule has 22 heavy (non-hydrogen) atoms. The van der Waals surface area contributed by atoms with Crippen LogP contribution >= 0.6 is 22.9 Å². The fourth-order valence-electron chi connectivity index (χ4n) is 2.06. The summed E-state index contributed by atoms with van der Waals surface area (Å²) in [6.07, 6.45) is 0. The second-order valence-corrected chi connectivity index (χ2v) is 6.14. The van der Waals surface area contributed by atoms with Crippen LogP contribution in [0.25, 0.3) is 10.1 Å². The van der Waals surface area contributed by atoms with E-state index in [0.717, 1.165) is 10.1 Å². The Balaban J connectivity index is 1.87. The summed E-state index contributed by atoms with van der Waals surface area (Å²) >= 11 is 7.55. The Labute approximate surface area is 136 Å². The molecule has 0 bridgehead atoms. The number of halogens is 1. The lowest BCUT2D eigenvalue weighted by atomic mass is 10.1. The smallest absolute Gasteiger partial charge is 0.355 e. The lowest BCUT2D eigenvalue weighted by Gasteiger charge is -2.03. The van der Waals surface area contributed by atoms with Crippen LogP contribution in [-0.2, 0) is 0 Å². The number of fused-ring (bicyclic) bond motifs is 1. The van der Waals surface area contributed by atoms with E-state index in [0.29, 0.717) is 21.2 Å². The monoisotopic (exact) mass is 330 g/mol. The largest absolute Gasteiger partial charge is 0.422 e. The number of ketones is 1. The predicted octanol–water partition coefficient (Wildman–Crippen LogP) is 4.98. The number of Topliss-reactive ketones (excluding diaryl/α,β-unsaturated/α-hetero) is 1. The van der Waals surface area contributed by atoms with Gasteiger partial charge in [-0.1, -0.05) is 29.8 Å². The van der Waals surface area contributed by atoms with Crippen molar-refractivity contribution in [2.75, 3.05) is 0 Å². The van der Waals surface area contributed by atoms with E-state index in [9.17, 15) is 9.59 Å². The molecule has 0 fully saturated rings. The normalized spacial score (nSPS) is 10.6. The van der Waals surface area contributed by atoms with Gasteiger partial charge in [-0.2, -0.15) is 0 Å². The van der Waals surface area contributed by atoms with E-state index in [1.165, 1.54) is 18.3 Å². The number of rotatable bonds is 3. The van der Waals surface area contributed by atoms with Crippen molar-refractivity contribution in [3.05, 3.63) is 64.0 Å². The van der Waals surface area contributed by atoms with Gasteiger partial charge < -0.3 is 4.74 Å². The quantitative estimate of drug-likeness (QED) is 0.386. The standard InChI is InChI=1S/C17H11ClO3S/c1-10(19)11-6-8-12(9-7-11)21-17(20)16-15(18)13-4-2-3-5-14(13)22-16/h2-9H,1H3. The first-order valence-corrected chi connectivity index (χ1v) is 7.76. The molecular weight excluding hydrogens is 320 g/mol. The first-order chi connectivity index (χ1) is 10.6. The van der Waals surface area contributed by atoms with E-state index in [4.69, 9.17) is 16.3 Å². The molecule has 0 aliphatic carbocycles. The molecule has 3 nitrogen and oxygen atoms in total. The van der Waals surface area contributed by atoms with E-state index in [1.807, 2.05) is 24.3 Å². The van der Waals surface area contributed by atoms with Gasteiger partial charge in [0.05, 0.1) is 5.02 Å². The second kappa shape index (κ2) is 5.91. The lowest BCUT2D eigenvalue weighted by molar-refractivity contribution is 0.0740. The van der Waals surface area contributed by atoms with E-state index in [1.54, 1.807) is 24.3 Å². The molecule has 5 heteroatoms. The van der Waals surface area contributed by atoms with Gasteiger partial charge in [0.25, 0.3) is 0 Å². The van der Waals surface area contributed by atoms with Crippen molar-refractivity contribution < 1.29 is 14.3 Å². The van der Waals surface area contributed by atoms with Gasteiger partial charge in [0.15, 0.2) is 5.78 Å². The van der Waals surface area contributed by atoms with Crippen molar-refractivity contribution in [2.45, 2.75) is 6.92 Å². The van der Waals surface area contributed by atoms with Gasteiger partial charge in [-0.3, -0.25) is 4.79 Å². The van der Waals surface area contributed by atoms with E-state index in [-0.39, 0.29) is 5.78 Å². The van der Waals surface area contributed by atoms with Crippen LogP contribution in [-0.4, -0.2) is 11.8 Å². The average molecular weight is 331 g/mol. The van der Waals surface area contributed by atoms with Crippen molar-refractivity contribution >= 4 is 44.8 Å². The molecule has 0 amide bonds. The van der Waals surface area contributed by atoms with Gasteiger partial charge in [0, 0.05) is 15.6 Å². The molecule has 1 aromatic heterocycles. The number of hydrogen-bond acceptors (Lipinski definition) is 4. The molecule has 0 saturated carbocycles. The summed E-state index contributed by atoms with van der Waals surface area (Å²) in [6, 6.07) is 14.0. The molecule has 0 atom stereocenters. The molecule has 0 spiro atoms. The molecule has 2 aromatic carbocycles. The minimum atomic E-state index is -0.498. The van der Waals surface area contributed by atoms with Gasteiger partial charge in [-0.05, 0) is 37.3 Å². The average Bonchev–Trinajstić information content (AvgIpc) is 2.85. The number of carbonyl (C=O) groups excluding carboxylic acids is 2. The summed E-state index contributed by atoms with van der Waals surface area (Å²) in [5.74, 6) is -0.157. The Hall–Kier alpha value is -2.17. The van der Waals surface area contributed by atoms with Crippen molar-refractivity contribution in [1.29, 1.82) is 0 Å². The minimum absolute atomic E-state index is 0.0366. The van der Waals surface area contributed by atoms with Crippen LogP contribution in [0, 0.1) is 0 Å². The zero-order valence-corrected chi connectivity index (χ0v) is 13.2. The van der Waals surface area contributed by atoms with Crippen molar-refractivity contribution in [2.24, 2.45) is 0 Å². The number of hydrogen-bond donors (Lipinski definition) is 0. The third-order valence-electron chi connectivity index (χ3n) is 3.19. The van der Waals surface area contributed by atoms with E-state index in [2.05, 4.69) is 0 Å². The predicted molar refractivity (Wildman–Crippen MR) is 88.2 cm³/mol. The fourth-order valence-corrected chi connectivity index (χ4v) is 3.44. The summed E-state index contributed by atoms with van der Waals surface area (Å²) in [4.78, 5) is 23.9. The maximum Gasteiger partial charge on any atom is 0.355 e. The van der Waals surface area contributed by atoms with Crippen LogP contribution in [0.1, 0.15) is 27.0 Å². The number of carbonyl (C=O) groups is 2. The Morgan fingerprint density at radius 2 is 1.73 bits per heavy atom. The highest BCUT2D eigenvalue weighted by Gasteiger charge is 2.18. The highest BCUT2D eigenvalue weighted by Crippen LogP contribution is 2.35. The molecule has 0 aliphatic heterocycles. The lowest BCUT2D eigenvalue weighted by Crippen LogP contribution is -2.07. The Morgan fingerprint density at radius 1 is 1.05 bits per heavy atom. The van der Waals surface area contributed by atoms with Crippen LogP contribution in [0.5, 0.6) is 5.75 Å². The molecule has 3 aromatic rings. The first kappa shape index (κ1) is 14.8. The molecule has 1 heterocycles. The fraction of sp³-hybridized carbons (Fsp3) is 0.0588. The van der Waals surface area contributed by atoms with Crippen molar-refractivity contribution in [1.82, 2.24) is 0 Å². The molecule has 3 rings (SSSR count). The van der Waals surface area contributed by atoms with Gasteiger partial charge in [0.1, 0.15) is 10.6 Å². The zero-order valence-electron chi connectivity index (χ0n) is 11.6. The minimum Gasteiger partial charge on any atom is -0.422 e. The molecule has 0 saturated heterocycles. The summed E-state index contributed by atoms with van der Waals surface area (Å²) < 4.78 is 6.26. The molecule has 0 aliphatic rings. The number of esters is 1. The van der Waals surface area contributed by atoms with Crippen LogP contribution in [0.2, 0.25) is 5.02 Å². The maximum absolute atomic E-state index is 12.3. The number of thiophene rings is 1. The topological polar surface area (TPSA) is 43.4 Å². The van der Waals surface area contributed by atoms with E-state index < -0.39 is 5.97 Å². The third kappa shape index (κ3) is 2.75. The first-order valence-electron chi connectivity index (χ1n) is 6.56. The molecular formula is C17H11ClO3S. The summed E-state index contributed by atoms with van der Waals surface area (Å²) in [5, 5.41) is 1.25.